The van der Waals surface area contributed by atoms with Gasteiger partial charge in [0.15, 0.2) is 6.10 Å². The predicted molar refractivity (Wildman–Crippen MR) is 321 cm³/mol. The van der Waals surface area contributed by atoms with Gasteiger partial charge in [0, 0.05) is 19.3 Å². The van der Waals surface area contributed by atoms with Crippen molar-refractivity contribution >= 4 is 17.9 Å². The highest BCUT2D eigenvalue weighted by atomic mass is 16.6. The lowest BCUT2D eigenvalue weighted by atomic mass is 9.99. The van der Waals surface area contributed by atoms with E-state index in [1.807, 2.05) is 0 Å². The molecular weight excluding hydrogens is 913 g/mol. The number of rotatable bonds is 62. The van der Waals surface area contributed by atoms with Crippen LogP contribution < -0.4 is 0 Å². The molecule has 0 aromatic heterocycles. The monoisotopic (exact) mass is 1050 g/mol. The molecule has 0 radical (unpaired) electrons. The minimum Gasteiger partial charge on any atom is -0.462 e. The van der Waals surface area contributed by atoms with E-state index in [9.17, 15) is 14.4 Å². The van der Waals surface area contributed by atoms with Crippen LogP contribution in [0.4, 0.5) is 0 Å². The van der Waals surface area contributed by atoms with Crippen LogP contribution in [0.15, 0.2) is 0 Å². The topological polar surface area (TPSA) is 78.9 Å². The van der Waals surface area contributed by atoms with Gasteiger partial charge in [0.1, 0.15) is 13.2 Å². The van der Waals surface area contributed by atoms with Crippen molar-refractivity contribution in [2.24, 2.45) is 11.8 Å². The lowest BCUT2D eigenvalue weighted by Gasteiger charge is -2.18. The van der Waals surface area contributed by atoms with Gasteiger partial charge in [0.05, 0.1) is 0 Å². The lowest BCUT2D eigenvalue weighted by molar-refractivity contribution is -0.167. The van der Waals surface area contributed by atoms with Gasteiger partial charge < -0.3 is 14.2 Å². The Hall–Kier alpha value is -1.59. The molecule has 0 N–H and O–H groups in total. The van der Waals surface area contributed by atoms with Gasteiger partial charge in [0.2, 0.25) is 0 Å². The third-order valence-corrected chi connectivity index (χ3v) is 16.4. The van der Waals surface area contributed by atoms with Crippen molar-refractivity contribution in [3.05, 3.63) is 0 Å². The fourth-order valence-corrected chi connectivity index (χ4v) is 10.6. The molecule has 0 aromatic carbocycles. The summed E-state index contributed by atoms with van der Waals surface area (Å²) < 4.78 is 17.0. The Balaban J connectivity index is 4.28. The van der Waals surface area contributed by atoms with Crippen LogP contribution in [-0.2, 0) is 28.6 Å². The molecule has 0 aliphatic carbocycles. The maximum atomic E-state index is 12.9. The first-order valence-corrected chi connectivity index (χ1v) is 33.8. The number of esters is 3. The molecule has 0 aliphatic heterocycles. The number of hydrogen-bond acceptors (Lipinski definition) is 6. The van der Waals surface area contributed by atoms with E-state index in [1.54, 1.807) is 0 Å². The van der Waals surface area contributed by atoms with Crippen LogP contribution in [0.3, 0.4) is 0 Å². The van der Waals surface area contributed by atoms with Gasteiger partial charge in [0.25, 0.3) is 0 Å². The molecule has 0 saturated heterocycles. The second-order valence-electron chi connectivity index (χ2n) is 23.9. The smallest absolute Gasteiger partial charge is 0.306 e. The molecule has 0 saturated carbocycles. The molecule has 440 valence electrons. The molecule has 0 aromatic rings. The highest BCUT2D eigenvalue weighted by Crippen LogP contribution is 2.20. The molecule has 6 heteroatoms. The first-order chi connectivity index (χ1) is 36.3. The van der Waals surface area contributed by atoms with Crippen molar-refractivity contribution in [2.45, 2.75) is 394 Å². The van der Waals surface area contributed by atoms with E-state index in [1.165, 1.54) is 276 Å². The SMILES string of the molecule is CCCCCCCCCCCCCCCCCCC(=O)OC[C@H](COC(=O)CCCCCCCCCCCCCCCCC(C)CC)OC(=O)CCCCCCCCCCCCCCCCCCCCC(C)CC. The molecule has 6 nitrogen and oxygen atoms in total. The summed E-state index contributed by atoms with van der Waals surface area (Å²) in [6, 6.07) is 0. The molecule has 2 unspecified atom stereocenters. The largest absolute Gasteiger partial charge is 0.462 e. The maximum absolute atomic E-state index is 12.9. The Morgan fingerprint density at radius 2 is 0.473 bits per heavy atom. The van der Waals surface area contributed by atoms with Crippen LogP contribution in [0.25, 0.3) is 0 Å². The van der Waals surface area contributed by atoms with Gasteiger partial charge in [-0.05, 0) is 31.1 Å². The molecule has 0 rings (SSSR count). The second-order valence-corrected chi connectivity index (χ2v) is 23.9. The summed E-state index contributed by atoms with van der Waals surface area (Å²) in [6.45, 7) is 11.5. The Labute approximate surface area is 463 Å². The van der Waals surface area contributed by atoms with E-state index in [0.29, 0.717) is 19.3 Å². The van der Waals surface area contributed by atoms with Crippen molar-refractivity contribution in [3.63, 3.8) is 0 Å². The number of ether oxygens (including phenoxy) is 3. The van der Waals surface area contributed by atoms with E-state index in [-0.39, 0.29) is 31.1 Å². The number of unbranched alkanes of at least 4 members (excludes halogenated alkanes) is 45. The zero-order valence-electron chi connectivity index (χ0n) is 51.0. The Kier molecular flexibility index (Phi) is 59.3. The van der Waals surface area contributed by atoms with E-state index >= 15 is 0 Å². The van der Waals surface area contributed by atoms with E-state index in [4.69, 9.17) is 14.2 Å². The van der Waals surface area contributed by atoms with Crippen molar-refractivity contribution in [2.75, 3.05) is 13.2 Å². The Bertz CT molecular complexity index is 1140. The van der Waals surface area contributed by atoms with Gasteiger partial charge in [-0.15, -0.1) is 0 Å². The minimum atomic E-state index is -0.764. The quantitative estimate of drug-likeness (QED) is 0.0343. The third kappa shape index (κ3) is 58.1. The maximum Gasteiger partial charge on any atom is 0.306 e. The summed E-state index contributed by atoms with van der Waals surface area (Å²) in [4.78, 5) is 38.4. The first kappa shape index (κ1) is 72.4. The summed E-state index contributed by atoms with van der Waals surface area (Å²) >= 11 is 0. The molecule has 74 heavy (non-hydrogen) atoms. The summed E-state index contributed by atoms with van der Waals surface area (Å²) in [5.41, 5.74) is 0. The van der Waals surface area contributed by atoms with Crippen LogP contribution >= 0.6 is 0 Å². The van der Waals surface area contributed by atoms with Crippen LogP contribution in [0.5, 0.6) is 0 Å². The molecule has 0 heterocycles. The van der Waals surface area contributed by atoms with Gasteiger partial charge in [-0.1, -0.05) is 349 Å². The van der Waals surface area contributed by atoms with Gasteiger partial charge in [-0.2, -0.15) is 0 Å². The van der Waals surface area contributed by atoms with Crippen molar-refractivity contribution in [1.82, 2.24) is 0 Å². The van der Waals surface area contributed by atoms with Gasteiger partial charge >= 0.3 is 17.9 Å². The molecule has 0 spiro atoms. The molecule has 0 amide bonds. The first-order valence-electron chi connectivity index (χ1n) is 33.8. The molecule has 0 aliphatic rings. The number of carbonyl (C=O) groups is 3. The van der Waals surface area contributed by atoms with Gasteiger partial charge in [-0.3, -0.25) is 14.4 Å². The molecular formula is C68H132O6. The Morgan fingerprint density at radius 1 is 0.270 bits per heavy atom. The fraction of sp³-hybridized carbons (Fsp3) is 0.956. The molecule has 0 fully saturated rings. The van der Waals surface area contributed by atoms with E-state index in [0.717, 1.165) is 69.6 Å². The van der Waals surface area contributed by atoms with Crippen LogP contribution in [0.2, 0.25) is 0 Å². The van der Waals surface area contributed by atoms with Crippen LogP contribution in [0, 0.1) is 11.8 Å². The van der Waals surface area contributed by atoms with Crippen molar-refractivity contribution in [3.8, 4) is 0 Å². The van der Waals surface area contributed by atoms with Gasteiger partial charge in [-0.25, -0.2) is 0 Å². The normalized spacial score (nSPS) is 12.8. The number of carbonyl (C=O) groups excluding carboxylic acids is 3. The molecule has 0 bridgehead atoms. The third-order valence-electron chi connectivity index (χ3n) is 16.4. The summed E-state index contributed by atoms with van der Waals surface area (Å²) in [5, 5.41) is 0. The standard InChI is InChI=1S/C68H132O6/c1-6-9-10-11-12-13-14-15-16-22-28-33-38-43-48-53-58-66(69)72-61-65(62-73-67(70)59-54-49-44-39-34-29-25-24-27-32-37-42-47-52-57-64(5)8-3)74-68(71)60-55-50-45-40-35-30-23-20-18-17-19-21-26-31-36-41-46-51-56-63(4)7-2/h63-65H,6-62H2,1-5H3/t63?,64?,65-/m1/s1. The zero-order chi connectivity index (χ0) is 53.9. The second kappa shape index (κ2) is 60.6. The highest BCUT2D eigenvalue weighted by molar-refractivity contribution is 5.71. The minimum absolute atomic E-state index is 0.0614. The predicted octanol–water partition coefficient (Wildman–Crippen LogP) is 22.8. The van der Waals surface area contributed by atoms with Crippen LogP contribution in [-0.4, -0.2) is 37.2 Å². The molecule has 3 atom stereocenters. The summed E-state index contributed by atoms with van der Waals surface area (Å²) in [5.74, 6) is 0.978. The average molecular weight is 1050 g/mol. The number of hydrogen-bond donors (Lipinski definition) is 0. The lowest BCUT2D eigenvalue weighted by Crippen LogP contribution is -2.30. The summed E-state index contributed by atoms with van der Waals surface area (Å²) in [7, 11) is 0. The Morgan fingerprint density at radius 3 is 0.703 bits per heavy atom. The van der Waals surface area contributed by atoms with E-state index in [2.05, 4.69) is 34.6 Å². The fourth-order valence-electron chi connectivity index (χ4n) is 10.6. The average Bonchev–Trinajstić information content (AvgIpc) is 3.40. The van der Waals surface area contributed by atoms with E-state index < -0.39 is 6.10 Å². The highest BCUT2D eigenvalue weighted by Gasteiger charge is 2.20. The van der Waals surface area contributed by atoms with Crippen LogP contribution in [0.1, 0.15) is 388 Å². The van der Waals surface area contributed by atoms with Crippen molar-refractivity contribution < 1.29 is 28.6 Å². The van der Waals surface area contributed by atoms with Crippen molar-refractivity contribution in [1.29, 1.82) is 0 Å². The zero-order valence-corrected chi connectivity index (χ0v) is 51.0. The summed E-state index contributed by atoms with van der Waals surface area (Å²) in [6.07, 6.45) is 68.1.